The van der Waals surface area contributed by atoms with Crippen LogP contribution in [0, 0.1) is 0 Å². The second-order valence-electron chi connectivity index (χ2n) is 6.15. The molecule has 0 aromatic heterocycles. The van der Waals surface area contributed by atoms with E-state index in [-0.39, 0.29) is 0 Å². The number of benzene rings is 4. The Labute approximate surface area is 159 Å². The van der Waals surface area contributed by atoms with Gasteiger partial charge in [0.15, 0.2) is 5.75 Å². The standard InChI is InChI=1S/C25H19NO/c1-4-10-20(11-5-1)21-16-18-24(19-17-21)27-26-25(22-12-6-2-7-13-22)23-14-8-3-9-15-23/h1-19H. The Morgan fingerprint density at radius 2 is 0.926 bits per heavy atom. The molecular weight excluding hydrogens is 330 g/mol. The van der Waals surface area contributed by atoms with E-state index in [0.717, 1.165) is 22.4 Å². The molecule has 0 heterocycles. The lowest BCUT2D eigenvalue weighted by atomic mass is 10.0. The monoisotopic (exact) mass is 349 g/mol. The Hall–Kier alpha value is -3.65. The van der Waals surface area contributed by atoms with Gasteiger partial charge in [-0.2, -0.15) is 0 Å². The highest BCUT2D eigenvalue weighted by atomic mass is 16.6. The smallest absolute Gasteiger partial charge is 0.158 e. The van der Waals surface area contributed by atoms with Crippen molar-refractivity contribution in [2.75, 3.05) is 0 Å². The van der Waals surface area contributed by atoms with E-state index in [4.69, 9.17) is 4.84 Å². The van der Waals surface area contributed by atoms with Crippen LogP contribution in [0.1, 0.15) is 11.1 Å². The molecule has 0 saturated heterocycles. The van der Waals surface area contributed by atoms with Crippen molar-refractivity contribution in [3.63, 3.8) is 0 Å². The third kappa shape index (κ3) is 4.13. The summed E-state index contributed by atoms with van der Waals surface area (Å²) in [6.45, 7) is 0. The van der Waals surface area contributed by atoms with Gasteiger partial charge < -0.3 is 4.84 Å². The SMILES string of the molecule is c1ccc(C(=NOc2ccc(-c3ccccc3)cc2)c2ccccc2)cc1. The van der Waals surface area contributed by atoms with Crippen molar-refractivity contribution >= 4 is 5.71 Å². The van der Waals surface area contributed by atoms with Crippen molar-refractivity contribution in [3.05, 3.63) is 126 Å². The number of rotatable bonds is 5. The van der Waals surface area contributed by atoms with Gasteiger partial charge in [0.25, 0.3) is 0 Å². The largest absolute Gasteiger partial charge is 0.356 e. The quantitative estimate of drug-likeness (QED) is 0.311. The van der Waals surface area contributed by atoms with E-state index in [0.29, 0.717) is 5.75 Å². The van der Waals surface area contributed by atoms with Crippen molar-refractivity contribution < 1.29 is 4.84 Å². The van der Waals surface area contributed by atoms with Gasteiger partial charge in [-0.3, -0.25) is 0 Å². The van der Waals surface area contributed by atoms with Gasteiger partial charge in [-0.25, -0.2) is 0 Å². The minimum absolute atomic E-state index is 0.707. The van der Waals surface area contributed by atoms with E-state index in [1.165, 1.54) is 5.56 Å². The Morgan fingerprint density at radius 1 is 0.481 bits per heavy atom. The first kappa shape index (κ1) is 16.8. The number of hydrogen-bond donors (Lipinski definition) is 0. The van der Waals surface area contributed by atoms with Gasteiger partial charge in [0.1, 0.15) is 5.71 Å². The first-order valence-electron chi connectivity index (χ1n) is 8.91. The molecule has 0 fully saturated rings. The molecule has 0 aliphatic carbocycles. The average Bonchev–Trinajstić information content (AvgIpc) is 2.76. The van der Waals surface area contributed by atoms with Crippen molar-refractivity contribution in [2.24, 2.45) is 5.16 Å². The third-order valence-corrected chi connectivity index (χ3v) is 4.30. The summed E-state index contributed by atoms with van der Waals surface area (Å²) in [5.74, 6) is 0.707. The first-order chi connectivity index (χ1) is 13.4. The molecule has 0 aliphatic rings. The second kappa shape index (κ2) is 8.15. The Morgan fingerprint density at radius 3 is 1.44 bits per heavy atom. The van der Waals surface area contributed by atoms with Gasteiger partial charge in [-0.05, 0) is 23.3 Å². The summed E-state index contributed by atoms with van der Waals surface area (Å²) in [4.78, 5) is 5.76. The molecule has 0 amide bonds. The van der Waals surface area contributed by atoms with Crippen LogP contribution in [0.3, 0.4) is 0 Å². The maximum Gasteiger partial charge on any atom is 0.158 e. The molecule has 0 bridgehead atoms. The number of hydrogen-bond acceptors (Lipinski definition) is 2. The summed E-state index contributed by atoms with van der Waals surface area (Å²) in [7, 11) is 0. The van der Waals surface area contributed by atoms with Gasteiger partial charge in [-0.1, -0.05) is 108 Å². The van der Waals surface area contributed by atoms with Crippen LogP contribution in [0.5, 0.6) is 5.75 Å². The van der Waals surface area contributed by atoms with Gasteiger partial charge in [-0.15, -0.1) is 0 Å². The zero-order chi connectivity index (χ0) is 18.3. The molecule has 0 unspecified atom stereocenters. The van der Waals surface area contributed by atoms with E-state index in [1.54, 1.807) is 0 Å². The molecule has 0 aliphatic heterocycles. The Kier molecular flexibility index (Phi) is 5.07. The molecule has 27 heavy (non-hydrogen) atoms. The average molecular weight is 349 g/mol. The van der Waals surface area contributed by atoms with Crippen molar-refractivity contribution in [3.8, 4) is 16.9 Å². The first-order valence-corrected chi connectivity index (χ1v) is 8.91. The molecule has 130 valence electrons. The fourth-order valence-electron chi connectivity index (χ4n) is 2.90. The molecule has 4 rings (SSSR count). The maximum absolute atomic E-state index is 5.76. The van der Waals surface area contributed by atoms with Gasteiger partial charge in [0.05, 0.1) is 0 Å². The molecular formula is C25H19NO. The lowest BCUT2D eigenvalue weighted by Crippen LogP contribution is -2.05. The molecule has 2 heteroatoms. The van der Waals surface area contributed by atoms with Crippen molar-refractivity contribution in [1.29, 1.82) is 0 Å². The van der Waals surface area contributed by atoms with E-state index in [9.17, 15) is 0 Å². The van der Waals surface area contributed by atoms with Crippen LogP contribution in [-0.2, 0) is 0 Å². The van der Waals surface area contributed by atoms with E-state index in [1.807, 2.05) is 103 Å². The van der Waals surface area contributed by atoms with E-state index < -0.39 is 0 Å². The highest BCUT2D eigenvalue weighted by Crippen LogP contribution is 2.22. The predicted molar refractivity (Wildman–Crippen MR) is 111 cm³/mol. The Bertz CT molecular complexity index is 967. The van der Waals surface area contributed by atoms with Crippen LogP contribution >= 0.6 is 0 Å². The summed E-state index contributed by atoms with van der Waals surface area (Å²) in [6.07, 6.45) is 0. The molecule has 0 saturated carbocycles. The van der Waals surface area contributed by atoms with Crippen LogP contribution in [0.2, 0.25) is 0 Å². The van der Waals surface area contributed by atoms with E-state index in [2.05, 4.69) is 17.3 Å². The zero-order valence-corrected chi connectivity index (χ0v) is 14.8. The third-order valence-electron chi connectivity index (χ3n) is 4.30. The number of oxime groups is 1. The molecule has 2 nitrogen and oxygen atoms in total. The molecule has 4 aromatic carbocycles. The minimum atomic E-state index is 0.707. The fraction of sp³-hybridized carbons (Fsp3) is 0. The van der Waals surface area contributed by atoms with E-state index >= 15 is 0 Å². The lowest BCUT2D eigenvalue weighted by Gasteiger charge is -2.08. The van der Waals surface area contributed by atoms with Crippen LogP contribution in [-0.4, -0.2) is 5.71 Å². The molecule has 0 atom stereocenters. The summed E-state index contributed by atoms with van der Waals surface area (Å²) < 4.78 is 0. The van der Waals surface area contributed by atoms with Gasteiger partial charge >= 0.3 is 0 Å². The minimum Gasteiger partial charge on any atom is -0.356 e. The molecule has 0 spiro atoms. The van der Waals surface area contributed by atoms with Crippen molar-refractivity contribution in [2.45, 2.75) is 0 Å². The maximum atomic E-state index is 5.76. The van der Waals surface area contributed by atoms with Crippen LogP contribution < -0.4 is 4.84 Å². The topological polar surface area (TPSA) is 21.6 Å². The zero-order valence-electron chi connectivity index (χ0n) is 14.8. The fourth-order valence-corrected chi connectivity index (χ4v) is 2.90. The normalized spacial score (nSPS) is 10.2. The van der Waals surface area contributed by atoms with Gasteiger partial charge in [0, 0.05) is 11.1 Å². The van der Waals surface area contributed by atoms with Crippen LogP contribution in [0.15, 0.2) is 120 Å². The second-order valence-corrected chi connectivity index (χ2v) is 6.15. The highest BCUT2D eigenvalue weighted by Gasteiger charge is 2.07. The Balaban J connectivity index is 1.60. The summed E-state index contributed by atoms with van der Waals surface area (Å²) in [6, 6.07) is 38.4. The van der Waals surface area contributed by atoms with Crippen LogP contribution in [0.25, 0.3) is 11.1 Å². The van der Waals surface area contributed by atoms with Gasteiger partial charge in [0.2, 0.25) is 0 Å². The molecule has 4 aromatic rings. The summed E-state index contributed by atoms with van der Waals surface area (Å²) in [5.41, 5.74) is 5.18. The summed E-state index contributed by atoms with van der Waals surface area (Å²) in [5, 5.41) is 4.45. The summed E-state index contributed by atoms with van der Waals surface area (Å²) >= 11 is 0. The molecule has 0 N–H and O–H groups in total. The highest BCUT2D eigenvalue weighted by molar-refractivity contribution is 6.12. The van der Waals surface area contributed by atoms with Crippen LogP contribution in [0.4, 0.5) is 0 Å². The van der Waals surface area contributed by atoms with Crippen molar-refractivity contribution in [1.82, 2.24) is 0 Å². The lowest BCUT2D eigenvalue weighted by molar-refractivity contribution is 0.342. The number of nitrogens with zero attached hydrogens (tertiary/aromatic N) is 1. The molecule has 0 radical (unpaired) electrons. The predicted octanol–water partition coefficient (Wildman–Crippen LogP) is 6.19.